The van der Waals surface area contributed by atoms with E-state index in [1.807, 2.05) is 54.6 Å². The number of hydrogen-bond acceptors (Lipinski definition) is 5. The highest BCUT2D eigenvalue weighted by Crippen LogP contribution is 2.22. The lowest BCUT2D eigenvalue weighted by Gasteiger charge is -2.09. The van der Waals surface area contributed by atoms with Gasteiger partial charge in [-0.25, -0.2) is 0 Å². The van der Waals surface area contributed by atoms with Gasteiger partial charge in [0.25, 0.3) is 0 Å². The second kappa shape index (κ2) is 15.1. The molecule has 0 bridgehead atoms. The molecule has 0 radical (unpaired) electrons. The highest BCUT2D eigenvalue weighted by molar-refractivity contribution is 5.70. The molecule has 0 spiro atoms. The van der Waals surface area contributed by atoms with Gasteiger partial charge in [-0.05, 0) is 49.1 Å². The standard InChI is InChI=1S/C26H34O5/c1-2-3-4-5-11-19-29-25(27)17-9-10-18-26(28)30-21-22-13-12-16-24(20-22)31-23-14-7-6-8-15-23/h6-8,12-16,20H,2-5,9-11,17-19,21H2,1H3. The maximum atomic E-state index is 12.0. The summed E-state index contributed by atoms with van der Waals surface area (Å²) in [4.78, 5) is 23.7. The SMILES string of the molecule is CCCCCCCOC(=O)CCCCC(=O)OCc1cccc(Oc2ccccc2)c1. The maximum absolute atomic E-state index is 12.0. The molecular formula is C26H34O5. The highest BCUT2D eigenvalue weighted by atomic mass is 16.5. The zero-order valence-corrected chi connectivity index (χ0v) is 18.5. The number of ether oxygens (including phenoxy) is 3. The average Bonchev–Trinajstić information content (AvgIpc) is 2.78. The van der Waals surface area contributed by atoms with E-state index in [4.69, 9.17) is 14.2 Å². The lowest BCUT2D eigenvalue weighted by atomic mass is 10.2. The second-order valence-electron chi connectivity index (χ2n) is 7.56. The minimum atomic E-state index is -0.265. The molecule has 2 rings (SSSR count). The van der Waals surface area contributed by atoms with Crippen LogP contribution in [0.3, 0.4) is 0 Å². The molecule has 0 aromatic heterocycles. The van der Waals surface area contributed by atoms with E-state index in [0.29, 0.717) is 38.0 Å². The van der Waals surface area contributed by atoms with Gasteiger partial charge in [0, 0.05) is 12.8 Å². The number of carbonyl (C=O) groups excluding carboxylic acids is 2. The summed E-state index contributed by atoms with van der Waals surface area (Å²) in [6, 6.07) is 17.0. The summed E-state index contributed by atoms with van der Waals surface area (Å²) < 4.78 is 16.4. The Morgan fingerprint density at radius 3 is 2.13 bits per heavy atom. The van der Waals surface area contributed by atoms with E-state index in [1.54, 1.807) is 0 Å². The van der Waals surface area contributed by atoms with Crippen LogP contribution in [0.15, 0.2) is 54.6 Å². The summed E-state index contributed by atoms with van der Waals surface area (Å²) in [5.74, 6) is 1.01. The minimum absolute atomic E-state index is 0.181. The lowest BCUT2D eigenvalue weighted by molar-refractivity contribution is -0.146. The molecule has 2 aromatic rings. The Balaban J connectivity index is 1.56. The Kier molecular flexibility index (Phi) is 11.9. The van der Waals surface area contributed by atoms with Crippen molar-refractivity contribution in [3.05, 3.63) is 60.2 Å². The molecule has 0 N–H and O–H groups in total. The molecule has 0 saturated heterocycles. The van der Waals surface area contributed by atoms with E-state index < -0.39 is 0 Å². The highest BCUT2D eigenvalue weighted by Gasteiger charge is 2.07. The van der Waals surface area contributed by atoms with Crippen LogP contribution in [0.5, 0.6) is 11.5 Å². The predicted molar refractivity (Wildman–Crippen MR) is 121 cm³/mol. The Hall–Kier alpha value is -2.82. The van der Waals surface area contributed by atoms with Crippen LogP contribution < -0.4 is 4.74 Å². The van der Waals surface area contributed by atoms with Gasteiger partial charge in [0.15, 0.2) is 0 Å². The number of para-hydroxylation sites is 1. The summed E-state index contributed by atoms with van der Waals surface area (Å²) in [5.41, 5.74) is 0.865. The van der Waals surface area contributed by atoms with Crippen molar-refractivity contribution in [1.29, 1.82) is 0 Å². The molecule has 0 unspecified atom stereocenters. The van der Waals surface area contributed by atoms with Crippen LogP contribution in [0.1, 0.15) is 70.3 Å². The van der Waals surface area contributed by atoms with E-state index in [0.717, 1.165) is 24.2 Å². The van der Waals surface area contributed by atoms with Crippen LogP contribution in [-0.4, -0.2) is 18.5 Å². The third-order valence-electron chi connectivity index (χ3n) is 4.80. The van der Waals surface area contributed by atoms with Gasteiger partial charge in [-0.2, -0.15) is 0 Å². The summed E-state index contributed by atoms with van der Waals surface area (Å²) in [5, 5.41) is 0. The lowest BCUT2D eigenvalue weighted by Crippen LogP contribution is -2.07. The second-order valence-corrected chi connectivity index (χ2v) is 7.56. The average molecular weight is 427 g/mol. The van der Waals surface area contributed by atoms with E-state index in [9.17, 15) is 9.59 Å². The first-order chi connectivity index (χ1) is 15.2. The van der Waals surface area contributed by atoms with Crippen molar-refractivity contribution in [3.63, 3.8) is 0 Å². The molecule has 5 nitrogen and oxygen atoms in total. The van der Waals surface area contributed by atoms with Crippen molar-refractivity contribution >= 4 is 11.9 Å². The number of benzene rings is 2. The first-order valence-electron chi connectivity index (χ1n) is 11.3. The molecule has 0 aliphatic carbocycles. The van der Waals surface area contributed by atoms with Crippen molar-refractivity contribution in [3.8, 4) is 11.5 Å². The first kappa shape index (κ1) is 24.4. The fourth-order valence-electron chi connectivity index (χ4n) is 3.06. The van der Waals surface area contributed by atoms with Gasteiger partial charge in [-0.15, -0.1) is 0 Å². The van der Waals surface area contributed by atoms with E-state index >= 15 is 0 Å². The van der Waals surface area contributed by atoms with Gasteiger partial charge >= 0.3 is 11.9 Å². The fourth-order valence-corrected chi connectivity index (χ4v) is 3.06. The quantitative estimate of drug-likeness (QED) is 0.237. The Labute approximate surface area is 185 Å². The summed E-state index contributed by atoms with van der Waals surface area (Å²) in [6.07, 6.45) is 7.55. The molecule has 5 heteroatoms. The molecule has 0 amide bonds. The molecule has 168 valence electrons. The van der Waals surface area contributed by atoms with Crippen LogP contribution >= 0.6 is 0 Å². The summed E-state index contributed by atoms with van der Waals surface area (Å²) >= 11 is 0. The maximum Gasteiger partial charge on any atom is 0.306 e. The number of rotatable bonds is 15. The topological polar surface area (TPSA) is 61.8 Å². The van der Waals surface area contributed by atoms with Gasteiger partial charge in [0.1, 0.15) is 18.1 Å². The fraction of sp³-hybridized carbons (Fsp3) is 0.462. The van der Waals surface area contributed by atoms with Gasteiger partial charge in [0.05, 0.1) is 6.61 Å². The normalized spacial score (nSPS) is 10.5. The molecular weight excluding hydrogens is 392 g/mol. The largest absolute Gasteiger partial charge is 0.466 e. The smallest absolute Gasteiger partial charge is 0.306 e. The van der Waals surface area contributed by atoms with Gasteiger partial charge in [-0.3, -0.25) is 9.59 Å². The molecule has 0 heterocycles. The molecule has 2 aromatic carbocycles. The Bertz CT molecular complexity index is 772. The van der Waals surface area contributed by atoms with E-state index in [-0.39, 0.29) is 18.5 Å². The minimum Gasteiger partial charge on any atom is -0.466 e. The van der Waals surface area contributed by atoms with Crippen LogP contribution in [0.4, 0.5) is 0 Å². The molecule has 31 heavy (non-hydrogen) atoms. The Morgan fingerprint density at radius 2 is 1.39 bits per heavy atom. The summed E-state index contributed by atoms with van der Waals surface area (Å²) in [6.45, 7) is 2.87. The predicted octanol–water partition coefficient (Wildman–Crippen LogP) is 6.60. The molecule has 0 aliphatic heterocycles. The van der Waals surface area contributed by atoms with Gasteiger partial charge < -0.3 is 14.2 Å². The molecule has 0 saturated carbocycles. The van der Waals surface area contributed by atoms with Crippen molar-refractivity contribution in [2.75, 3.05) is 6.61 Å². The Morgan fingerprint density at radius 1 is 0.710 bits per heavy atom. The third kappa shape index (κ3) is 11.2. The van der Waals surface area contributed by atoms with Gasteiger partial charge in [0.2, 0.25) is 0 Å². The van der Waals surface area contributed by atoms with E-state index in [1.165, 1.54) is 19.3 Å². The molecule has 0 aliphatic rings. The first-order valence-corrected chi connectivity index (χ1v) is 11.3. The van der Waals surface area contributed by atoms with Crippen molar-refractivity contribution in [2.45, 2.75) is 71.3 Å². The van der Waals surface area contributed by atoms with E-state index in [2.05, 4.69) is 6.92 Å². The number of unbranched alkanes of at least 4 members (excludes halogenated alkanes) is 5. The van der Waals surface area contributed by atoms with Crippen molar-refractivity contribution in [1.82, 2.24) is 0 Å². The monoisotopic (exact) mass is 426 g/mol. The number of esters is 2. The molecule has 0 atom stereocenters. The zero-order valence-electron chi connectivity index (χ0n) is 18.5. The van der Waals surface area contributed by atoms with Crippen molar-refractivity contribution < 1.29 is 23.8 Å². The summed E-state index contributed by atoms with van der Waals surface area (Å²) in [7, 11) is 0. The van der Waals surface area contributed by atoms with Gasteiger partial charge in [-0.1, -0.05) is 62.9 Å². The molecule has 0 fully saturated rings. The van der Waals surface area contributed by atoms with Crippen LogP contribution in [0.2, 0.25) is 0 Å². The van der Waals surface area contributed by atoms with Crippen molar-refractivity contribution in [2.24, 2.45) is 0 Å². The van der Waals surface area contributed by atoms with Crippen LogP contribution in [0, 0.1) is 0 Å². The number of hydrogen-bond donors (Lipinski definition) is 0. The van der Waals surface area contributed by atoms with Crippen LogP contribution in [-0.2, 0) is 25.7 Å². The van der Waals surface area contributed by atoms with Crippen LogP contribution in [0.25, 0.3) is 0 Å². The third-order valence-corrected chi connectivity index (χ3v) is 4.80. The number of carbonyl (C=O) groups is 2. The zero-order chi connectivity index (χ0) is 22.2.